The van der Waals surface area contributed by atoms with Gasteiger partial charge in [-0.05, 0) is 48.8 Å². The summed E-state index contributed by atoms with van der Waals surface area (Å²) in [6, 6.07) is 0.764. The van der Waals surface area contributed by atoms with Crippen LogP contribution in [0.25, 0.3) is 0 Å². The zero-order valence-electron chi connectivity index (χ0n) is 10.4. The molecular formula is C13H25NS. The predicted molar refractivity (Wildman–Crippen MR) is 69.4 cm³/mol. The monoisotopic (exact) mass is 227 g/mol. The maximum Gasteiger partial charge on any atom is 0.0163 e. The fourth-order valence-corrected chi connectivity index (χ4v) is 3.89. The van der Waals surface area contributed by atoms with Gasteiger partial charge in [0.2, 0.25) is 0 Å². The van der Waals surface area contributed by atoms with Crippen LogP contribution >= 0.6 is 11.8 Å². The SMILES string of the molecule is CC(CNC1CSCC(C)(C)C1)C1CC1. The lowest BCUT2D eigenvalue weighted by molar-refractivity contribution is 0.305. The van der Waals surface area contributed by atoms with Crippen molar-refractivity contribution in [3.05, 3.63) is 0 Å². The standard InChI is InChI=1S/C13H25NS/c1-10(11-4-5-11)7-14-12-6-13(2,3)9-15-8-12/h10-12,14H,4-9H2,1-3H3. The van der Waals surface area contributed by atoms with Crippen LogP contribution in [-0.2, 0) is 0 Å². The van der Waals surface area contributed by atoms with Crippen molar-refractivity contribution < 1.29 is 0 Å². The highest BCUT2D eigenvalue weighted by molar-refractivity contribution is 7.99. The lowest BCUT2D eigenvalue weighted by atomic mass is 9.87. The molecule has 1 nitrogen and oxygen atoms in total. The molecule has 0 aromatic heterocycles. The Morgan fingerprint density at radius 3 is 2.73 bits per heavy atom. The molecule has 2 heteroatoms. The molecule has 0 radical (unpaired) electrons. The van der Waals surface area contributed by atoms with Gasteiger partial charge in [-0.3, -0.25) is 0 Å². The summed E-state index contributed by atoms with van der Waals surface area (Å²) in [5, 5.41) is 3.78. The fraction of sp³-hybridized carbons (Fsp3) is 1.00. The van der Waals surface area contributed by atoms with Crippen molar-refractivity contribution in [3.8, 4) is 0 Å². The third-order valence-corrected chi connectivity index (χ3v) is 5.39. The van der Waals surface area contributed by atoms with Crippen LogP contribution in [0.4, 0.5) is 0 Å². The molecule has 0 aromatic carbocycles. The maximum atomic E-state index is 3.78. The van der Waals surface area contributed by atoms with Gasteiger partial charge in [-0.15, -0.1) is 0 Å². The lowest BCUT2D eigenvalue weighted by Gasteiger charge is -2.35. The second kappa shape index (κ2) is 4.67. The zero-order valence-corrected chi connectivity index (χ0v) is 11.2. The molecule has 88 valence electrons. The molecule has 1 aliphatic carbocycles. The number of rotatable bonds is 4. The summed E-state index contributed by atoms with van der Waals surface area (Å²) < 4.78 is 0. The van der Waals surface area contributed by atoms with Crippen LogP contribution in [0.5, 0.6) is 0 Å². The first-order valence-electron chi connectivity index (χ1n) is 6.38. The van der Waals surface area contributed by atoms with E-state index in [1.807, 2.05) is 0 Å². The van der Waals surface area contributed by atoms with Crippen molar-refractivity contribution in [3.63, 3.8) is 0 Å². The molecular weight excluding hydrogens is 202 g/mol. The van der Waals surface area contributed by atoms with Gasteiger partial charge in [0.15, 0.2) is 0 Å². The second-order valence-corrected chi connectivity index (χ2v) is 7.33. The van der Waals surface area contributed by atoms with Crippen molar-refractivity contribution in [1.29, 1.82) is 0 Å². The first-order chi connectivity index (χ1) is 7.07. The van der Waals surface area contributed by atoms with Gasteiger partial charge in [0, 0.05) is 11.8 Å². The van der Waals surface area contributed by atoms with E-state index in [2.05, 4.69) is 37.8 Å². The first-order valence-corrected chi connectivity index (χ1v) is 7.53. The quantitative estimate of drug-likeness (QED) is 0.792. The molecule has 1 saturated carbocycles. The van der Waals surface area contributed by atoms with Crippen LogP contribution in [0.1, 0.15) is 40.0 Å². The third kappa shape index (κ3) is 3.67. The average molecular weight is 227 g/mol. The van der Waals surface area contributed by atoms with Gasteiger partial charge in [-0.2, -0.15) is 11.8 Å². The highest BCUT2D eigenvalue weighted by atomic mass is 32.2. The minimum absolute atomic E-state index is 0.545. The van der Waals surface area contributed by atoms with Crippen molar-refractivity contribution in [1.82, 2.24) is 5.32 Å². The summed E-state index contributed by atoms with van der Waals surface area (Å²) in [5.74, 6) is 4.60. The van der Waals surface area contributed by atoms with Crippen molar-refractivity contribution in [2.45, 2.75) is 46.1 Å². The fourth-order valence-electron chi connectivity index (χ4n) is 2.58. The Balaban J connectivity index is 1.69. The van der Waals surface area contributed by atoms with E-state index in [0.717, 1.165) is 17.9 Å². The third-order valence-electron chi connectivity index (χ3n) is 3.77. The normalized spacial score (nSPS) is 32.6. The predicted octanol–water partition coefficient (Wildman–Crippen LogP) is 3.15. The second-order valence-electron chi connectivity index (χ2n) is 6.30. The van der Waals surface area contributed by atoms with Gasteiger partial charge in [-0.1, -0.05) is 20.8 Å². The van der Waals surface area contributed by atoms with Crippen LogP contribution in [0.3, 0.4) is 0 Å². The zero-order chi connectivity index (χ0) is 10.9. The molecule has 0 bridgehead atoms. The Hall–Kier alpha value is 0.310. The largest absolute Gasteiger partial charge is 0.313 e. The smallest absolute Gasteiger partial charge is 0.0163 e. The van der Waals surface area contributed by atoms with E-state index in [1.54, 1.807) is 0 Å². The molecule has 0 amide bonds. The number of thioether (sulfide) groups is 1. The van der Waals surface area contributed by atoms with E-state index in [0.29, 0.717) is 5.41 Å². The van der Waals surface area contributed by atoms with Crippen LogP contribution in [0, 0.1) is 17.3 Å². The van der Waals surface area contributed by atoms with E-state index in [9.17, 15) is 0 Å². The Kier molecular flexibility index (Phi) is 3.67. The molecule has 2 atom stereocenters. The molecule has 0 aromatic rings. The summed E-state index contributed by atoms with van der Waals surface area (Å²) in [6.45, 7) is 8.45. The minimum atomic E-state index is 0.545. The van der Waals surface area contributed by atoms with Crippen LogP contribution < -0.4 is 5.32 Å². The van der Waals surface area contributed by atoms with Gasteiger partial charge < -0.3 is 5.32 Å². The Morgan fingerprint density at radius 2 is 2.13 bits per heavy atom. The van der Waals surface area contributed by atoms with Gasteiger partial charge in [-0.25, -0.2) is 0 Å². The highest BCUT2D eigenvalue weighted by Gasteiger charge is 2.31. The summed E-state index contributed by atoms with van der Waals surface area (Å²) >= 11 is 2.12. The number of hydrogen-bond donors (Lipinski definition) is 1. The van der Waals surface area contributed by atoms with Crippen LogP contribution in [0.2, 0.25) is 0 Å². The van der Waals surface area contributed by atoms with Crippen molar-refractivity contribution in [2.24, 2.45) is 17.3 Å². The summed E-state index contributed by atoms with van der Waals surface area (Å²) in [7, 11) is 0. The molecule has 2 unspecified atom stereocenters. The van der Waals surface area contributed by atoms with E-state index in [1.165, 1.54) is 37.3 Å². The molecule has 15 heavy (non-hydrogen) atoms. The van der Waals surface area contributed by atoms with Crippen molar-refractivity contribution in [2.75, 3.05) is 18.1 Å². The Morgan fingerprint density at radius 1 is 1.40 bits per heavy atom. The van der Waals surface area contributed by atoms with E-state index in [4.69, 9.17) is 0 Å². The van der Waals surface area contributed by atoms with Gasteiger partial charge in [0.05, 0.1) is 0 Å². The molecule has 2 fully saturated rings. The molecule has 1 heterocycles. The minimum Gasteiger partial charge on any atom is -0.313 e. The summed E-state index contributed by atoms with van der Waals surface area (Å²) in [5.41, 5.74) is 0.545. The number of hydrogen-bond acceptors (Lipinski definition) is 2. The topological polar surface area (TPSA) is 12.0 Å². The first kappa shape index (κ1) is 11.8. The molecule has 2 rings (SSSR count). The van der Waals surface area contributed by atoms with Gasteiger partial charge >= 0.3 is 0 Å². The molecule has 2 aliphatic rings. The highest BCUT2D eigenvalue weighted by Crippen LogP contribution is 2.37. The Labute approximate surface area is 98.8 Å². The van der Waals surface area contributed by atoms with Crippen LogP contribution in [0.15, 0.2) is 0 Å². The average Bonchev–Trinajstić information content (AvgIpc) is 2.95. The summed E-state index contributed by atoms with van der Waals surface area (Å²) in [6.07, 6.45) is 4.32. The lowest BCUT2D eigenvalue weighted by Crippen LogP contribution is -2.42. The van der Waals surface area contributed by atoms with E-state index < -0.39 is 0 Å². The summed E-state index contributed by atoms with van der Waals surface area (Å²) in [4.78, 5) is 0. The molecule has 1 aliphatic heterocycles. The van der Waals surface area contributed by atoms with E-state index in [-0.39, 0.29) is 0 Å². The molecule has 0 spiro atoms. The van der Waals surface area contributed by atoms with Crippen molar-refractivity contribution >= 4 is 11.8 Å². The van der Waals surface area contributed by atoms with Gasteiger partial charge in [0.1, 0.15) is 0 Å². The van der Waals surface area contributed by atoms with Crippen LogP contribution in [-0.4, -0.2) is 24.1 Å². The number of nitrogens with one attached hydrogen (secondary N) is 1. The Bertz CT molecular complexity index is 211. The molecule has 1 N–H and O–H groups in total. The van der Waals surface area contributed by atoms with Gasteiger partial charge in [0.25, 0.3) is 0 Å². The molecule has 1 saturated heterocycles. The maximum absolute atomic E-state index is 3.78. The van der Waals surface area contributed by atoms with E-state index >= 15 is 0 Å².